The monoisotopic (exact) mass is 321 g/mol. The number of phenols is 1. The lowest BCUT2D eigenvalue weighted by atomic mass is 9.80. The van der Waals surface area contributed by atoms with Crippen LogP contribution in [0.25, 0.3) is 0 Å². The van der Waals surface area contributed by atoms with Gasteiger partial charge in [0.2, 0.25) is 0 Å². The summed E-state index contributed by atoms with van der Waals surface area (Å²) in [5.74, 6) is -3.81. The van der Waals surface area contributed by atoms with E-state index in [-0.39, 0.29) is 12.4 Å². The van der Waals surface area contributed by atoms with Crippen molar-refractivity contribution in [2.24, 2.45) is 11.1 Å². The second-order valence-electron chi connectivity index (χ2n) is 4.85. The lowest BCUT2D eigenvalue weighted by molar-refractivity contribution is -0.152. The summed E-state index contributed by atoms with van der Waals surface area (Å²) < 4.78 is 18.4. The minimum absolute atomic E-state index is 0. The molecule has 0 heterocycles. The maximum atomic E-state index is 13.9. The standard InChI is InChI=1S/C13H16FNO5.ClH/c1-13(2,12(19)20-3)10(15)8-7(14)5-4-6(9(8)16)11(17)18;/h4-5,10,16H,15H2,1-3H3,(H,17,18);1H/t10-;/m0./s1. The van der Waals surface area contributed by atoms with E-state index < -0.39 is 46.1 Å². The van der Waals surface area contributed by atoms with Crippen molar-refractivity contribution in [3.63, 3.8) is 0 Å². The van der Waals surface area contributed by atoms with Crippen molar-refractivity contribution in [2.45, 2.75) is 19.9 Å². The Hall–Kier alpha value is -1.86. The van der Waals surface area contributed by atoms with Gasteiger partial charge in [-0.1, -0.05) is 0 Å². The number of rotatable bonds is 4. The molecule has 1 aromatic carbocycles. The van der Waals surface area contributed by atoms with Crippen LogP contribution in [-0.4, -0.2) is 29.3 Å². The average Bonchev–Trinajstić information content (AvgIpc) is 2.36. The van der Waals surface area contributed by atoms with E-state index in [1.165, 1.54) is 13.8 Å². The van der Waals surface area contributed by atoms with Crippen molar-refractivity contribution in [1.82, 2.24) is 0 Å². The zero-order valence-corrected chi connectivity index (χ0v) is 12.5. The molecule has 0 amide bonds. The first-order valence-electron chi connectivity index (χ1n) is 5.73. The first-order chi connectivity index (χ1) is 9.14. The molecule has 0 saturated heterocycles. The predicted molar refractivity (Wildman–Crippen MR) is 75.0 cm³/mol. The summed E-state index contributed by atoms with van der Waals surface area (Å²) in [5, 5.41) is 18.8. The van der Waals surface area contributed by atoms with E-state index >= 15 is 0 Å². The number of benzene rings is 1. The van der Waals surface area contributed by atoms with E-state index in [9.17, 15) is 19.1 Å². The Kier molecular flexibility index (Phi) is 6.13. The zero-order valence-electron chi connectivity index (χ0n) is 11.7. The molecule has 0 radical (unpaired) electrons. The van der Waals surface area contributed by atoms with Gasteiger partial charge >= 0.3 is 11.9 Å². The van der Waals surface area contributed by atoms with Crippen LogP contribution >= 0.6 is 12.4 Å². The highest BCUT2D eigenvalue weighted by atomic mass is 35.5. The van der Waals surface area contributed by atoms with E-state index in [2.05, 4.69) is 4.74 Å². The van der Waals surface area contributed by atoms with Crippen molar-refractivity contribution in [1.29, 1.82) is 0 Å². The fourth-order valence-electron chi connectivity index (χ4n) is 1.80. The summed E-state index contributed by atoms with van der Waals surface area (Å²) in [6.07, 6.45) is 0. The Labute approximate surface area is 127 Å². The minimum Gasteiger partial charge on any atom is -0.507 e. The molecule has 6 nitrogen and oxygen atoms in total. The third-order valence-corrected chi connectivity index (χ3v) is 3.19. The van der Waals surface area contributed by atoms with Crippen LogP contribution in [0.3, 0.4) is 0 Å². The fraction of sp³-hybridized carbons (Fsp3) is 0.385. The lowest BCUT2D eigenvalue weighted by Crippen LogP contribution is -2.38. The molecule has 21 heavy (non-hydrogen) atoms. The third kappa shape index (κ3) is 3.43. The molecule has 1 aromatic rings. The molecule has 0 aliphatic heterocycles. The van der Waals surface area contributed by atoms with Gasteiger partial charge in [0.15, 0.2) is 0 Å². The molecule has 0 saturated carbocycles. The normalized spacial score (nSPS) is 12.2. The van der Waals surface area contributed by atoms with Crippen molar-refractivity contribution >= 4 is 24.3 Å². The number of carbonyl (C=O) groups excluding carboxylic acids is 1. The molecule has 0 spiro atoms. The van der Waals surface area contributed by atoms with Crippen molar-refractivity contribution in [2.75, 3.05) is 7.11 Å². The number of methoxy groups -OCH3 is 1. The summed E-state index contributed by atoms with van der Waals surface area (Å²) >= 11 is 0. The number of aromatic carboxylic acids is 1. The largest absolute Gasteiger partial charge is 0.507 e. The van der Waals surface area contributed by atoms with Gasteiger partial charge in [-0.05, 0) is 26.0 Å². The molecular formula is C13H17ClFNO5. The van der Waals surface area contributed by atoms with E-state index in [1.807, 2.05) is 0 Å². The van der Waals surface area contributed by atoms with Gasteiger partial charge in [0, 0.05) is 5.56 Å². The molecule has 4 N–H and O–H groups in total. The number of hydrogen-bond donors (Lipinski definition) is 3. The molecule has 118 valence electrons. The molecule has 0 bridgehead atoms. The molecule has 0 fully saturated rings. The molecule has 8 heteroatoms. The highest BCUT2D eigenvalue weighted by molar-refractivity contribution is 5.91. The van der Waals surface area contributed by atoms with Crippen LogP contribution < -0.4 is 5.73 Å². The maximum Gasteiger partial charge on any atom is 0.339 e. The Morgan fingerprint density at radius 2 is 1.90 bits per heavy atom. The first-order valence-corrected chi connectivity index (χ1v) is 5.73. The maximum absolute atomic E-state index is 13.9. The van der Waals surface area contributed by atoms with Crippen LogP contribution in [0.1, 0.15) is 35.8 Å². The molecular weight excluding hydrogens is 305 g/mol. The van der Waals surface area contributed by atoms with E-state index in [0.717, 1.165) is 19.2 Å². The highest BCUT2D eigenvalue weighted by Crippen LogP contribution is 2.39. The second-order valence-corrected chi connectivity index (χ2v) is 4.85. The number of carboxylic acids is 1. The Balaban J connectivity index is 0.00000400. The number of esters is 1. The van der Waals surface area contributed by atoms with Crippen molar-refractivity contribution in [3.05, 3.63) is 29.1 Å². The quantitative estimate of drug-likeness (QED) is 0.730. The Bertz CT molecular complexity index is 562. The van der Waals surface area contributed by atoms with Gasteiger partial charge in [0.05, 0.1) is 18.6 Å². The van der Waals surface area contributed by atoms with Gasteiger partial charge in [-0.25, -0.2) is 9.18 Å². The molecule has 1 atom stereocenters. The van der Waals surface area contributed by atoms with E-state index in [4.69, 9.17) is 10.8 Å². The van der Waals surface area contributed by atoms with Gasteiger partial charge in [-0.3, -0.25) is 4.79 Å². The van der Waals surface area contributed by atoms with Crippen LogP contribution in [0.5, 0.6) is 5.75 Å². The minimum atomic E-state index is -1.42. The van der Waals surface area contributed by atoms with Gasteiger partial charge in [-0.2, -0.15) is 0 Å². The van der Waals surface area contributed by atoms with Gasteiger partial charge in [0.25, 0.3) is 0 Å². The fourth-order valence-corrected chi connectivity index (χ4v) is 1.80. The SMILES string of the molecule is COC(=O)C(C)(C)[C@@H](N)c1c(F)ccc(C(=O)O)c1O.Cl. The van der Waals surface area contributed by atoms with Gasteiger partial charge < -0.3 is 20.7 Å². The molecule has 0 aliphatic rings. The Morgan fingerprint density at radius 1 is 1.38 bits per heavy atom. The molecule has 0 unspecified atom stereocenters. The lowest BCUT2D eigenvalue weighted by Gasteiger charge is -2.29. The van der Waals surface area contributed by atoms with Crippen LogP contribution in [0.15, 0.2) is 12.1 Å². The Morgan fingerprint density at radius 3 is 2.33 bits per heavy atom. The highest BCUT2D eigenvalue weighted by Gasteiger charge is 2.40. The predicted octanol–water partition coefficient (Wildman–Crippen LogP) is 1.85. The number of ether oxygens (including phenoxy) is 1. The molecule has 1 rings (SSSR count). The van der Waals surface area contributed by atoms with Crippen LogP contribution in [0, 0.1) is 11.2 Å². The first kappa shape index (κ1) is 19.1. The third-order valence-electron chi connectivity index (χ3n) is 3.19. The van der Waals surface area contributed by atoms with E-state index in [1.54, 1.807) is 0 Å². The number of aromatic hydroxyl groups is 1. The number of nitrogens with two attached hydrogens (primary N) is 1. The average molecular weight is 322 g/mol. The second kappa shape index (κ2) is 6.73. The molecule has 0 aromatic heterocycles. The smallest absolute Gasteiger partial charge is 0.339 e. The summed E-state index contributed by atoms with van der Waals surface area (Å²) in [7, 11) is 1.15. The zero-order chi connectivity index (χ0) is 15.7. The van der Waals surface area contributed by atoms with Crippen LogP contribution in [-0.2, 0) is 9.53 Å². The topological polar surface area (TPSA) is 110 Å². The van der Waals surface area contributed by atoms with E-state index in [0.29, 0.717) is 0 Å². The number of carbonyl (C=O) groups is 2. The summed E-state index contributed by atoms with van der Waals surface area (Å²) in [6, 6.07) is 0.536. The number of hydrogen-bond acceptors (Lipinski definition) is 5. The summed E-state index contributed by atoms with van der Waals surface area (Å²) in [4.78, 5) is 22.6. The van der Waals surface area contributed by atoms with Gasteiger partial charge in [0.1, 0.15) is 17.1 Å². The summed E-state index contributed by atoms with van der Waals surface area (Å²) in [5.41, 5.74) is 3.56. The van der Waals surface area contributed by atoms with Gasteiger partial charge in [-0.15, -0.1) is 12.4 Å². The van der Waals surface area contributed by atoms with Crippen LogP contribution in [0.4, 0.5) is 4.39 Å². The van der Waals surface area contributed by atoms with Crippen LogP contribution in [0.2, 0.25) is 0 Å². The summed E-state index contributed by atoms with van der Waals surface area (Å²) in [6.45, 7) is 2.83. The number of halogens is 2. The number of carboxylic acid groups (broad SMARTS) is 1. The van der Waals surface area contributed by atoms with Crippen molar-refractivity contribution in [3.8, 4) is 5.75 Å². The molecule has 0 aliphatic carbocycles. The van der Waals surface area contributed by atoms with Crippen molar-refractivity contribution < 1.29 is 28.9 Å².